The van der Waals surface area contributed by atoms with E-state index in [0.717, 1.165) is 38.5 Å². The standard InChI is InChI=1S/C17H20Cl2FNO.C2H5NO/c1-17(8-2-3-9-17)15(21-16(22)10-4-5-10)13-12(20)7-6-11(18)14(13)19;1-3-2-4/h6-7,10,15H,2-5,8-9H2,1H3,(H,21,22);2H,1H3,(H,3,4). The summed E-state index contributed by atoms with van der Waals surface area (Å²) in [6.45, 7) is 2.11. The average molecular weight is 403 g/mol. The number of benzene rings is 1. The average Bonchev–Trinajstić information content (AvgIpc) is 3.39. The Morgan fingerprint density at radius 1 is 1.31 bits per heavy atom. The van der Waals surface area contributed by atoms with Crippen molar-refractivity contribution in [1.29, 1.82) is 0 Å². The van der Waals surface area contributed by atoms with E-state index in [1.54, 1.807) is 7.05 Å². The zero-order valence-corrected chi connectivity index (χ0v) is 16.6. The Morgan fingerprint density at radius 2 is 1.88 bits per heavy atom. The van der Waals surface area contributed by atoms with Gasteiger partial charge in [0.1, 0.15) is 5.82 Å². The summed E-state index contributed by atoms with van der Waals surface area (Å²) in [7, 11) is 1.56. The lowest BCUT2D eigenvalue weighted by molar-refractivity contribution is -0.124. The highest BCUT2D eigenvalue weighted by Crippen LogP contribution is 2.50. The molecule has 0 saturated heterocycles. The highest BCUT2D eigenvalue weighted by atomic mass is 35.5. The molecule has 0 spiro atoms. The molecule has 2 fully saturated rings. The van der Waals surface area contributed by atoms with Crippen LogP contribution in [0.4, 0.5) is 4.39 Å². The van der Waals surface area contributed by atoms with E-state index in [4.69, 9.17) is 28.0 Å². The lowest BCUT2D eigenvalue weighted by Crippen LogP contribution is -2.39. The largest absolute Gasteiger partial charge is 0.362 e. The number of halogens is 3. The molecule has 1 unspecified atom stereocenters. The Bertz CT molecular complexity index is 659. The summed E-state index contributed by atoms with van der Waals surface area (Å²) < 4.78 is 14.5. The van der Waals surface area contributed by atoms with Crippen molar-refractivity contribution in [3.8, 4) is 0 Å². The van der Waals surface area contributed by atoms with Gasteiger partial charge in [-0.15, -0.1) is 0 Å². The number of hydrogen-bond donors (Lipinski definition) is 2. The van der Waals surface area contributed by atoms with Crippen LogP contribution in [0.1, 0.15) is 57.1 Å². The molecule has 26 heavy (non-hydrogen) atoms. The van der Waals surface area contributed by atoms with E-state index in [9.17, 15) is 9.18 Å². The van der Waals surface area contributed by atoms with Crippen molar-refractivity contribution in [2.75, 3.05) is 7.05 Å². The van der Waals surface area contributed by atoms with Gasteiger partial charge in [0.2, 0.25) is 12.3 Å². The van der Waals surface area contributed by atoms with Gasteiger partial charge >= 0.3 is 0 Å². The lowest BCUT2D eigenvalue weighted by atomic mass is 9.77. The molecule has 4 nitrogen and oxygen atoms in total. The third-order valence-electron chi connectivity index (χ3n) is 5.16. The third-order valence-corrected chi connectivity index (χ3v) is 5.98. The Kier molecular flexibility index (Phi) is 7.30. The Balaban J connectivity index is 0.000000552. The molecule has 2 aliphatic carbocycles. The van der Waals surface area contributed by atoms with Crippen LogP contribution in [0.5, 0.6) is 0 Å². The van der Waals surface area contributed by atoms with Crippen LogP contribution in [0, 0.1) is 17.2 Å². The van der Waals surface area contributed by atoms with Gasteiger partial charge < -0.3 is 10.6 Å². The molecular weight excluding hydrogens is 378 g/mol. The normalized spacial score (nSPS) is 19.1. The molecule has 1 aromatic carbocycles. The summed E-state index contributed by atoms with van der Waals surface area (Å²) in [5, 5.41) is 5.86. The fourth-order valence-corrected chi connectivity index (χ4v) is 3.91. The van der Waals surface area contributed by atoms with E-state index in [1.165, 1.54) is 12.1 Å². The third kappa shape index (κ3) is 4.89. The van der Waals surface area contributed by atoms with Gasteiger partial charge in [-0.1, -0.05) is 43.0 Å². The second-order valence-corrected chi connectivity index (χ2v) is 8.03. The maximum Gasteiger partial charge on any atom is 0.223 e. The summed E-state index contributed by atoms with van der Waals surface area (Å²) in [4.78, 5) is 21.3. The summed E-state index contributed by atoms with van der Waals surface area (Å²) in [5.74, 6) is -0.314. The van der Waals surface area contributed by atoms with E-state index in [0.29, 0.717) is 17.0 Å². The molecule has 0 bridgehead atoms. The first-order valence-corrected chi connectivity index (χ1v) is 9.64. The zero-order chi connectivity index (χ0) is 19.3. The van der Waals surface area contributed by atoms with E-state index < -0.39 is 11.9 Å². The van der Waals surface area contributed by atoms with Gasteiger partial charge in [0, 0.05) is 18.5 Å². The van der Waals surface area contributed by atoms with Crippen LogP contribution in [0.3, 0.4) is 0 Å². The van der Waals surface area contributed by atoms with Crippen LogP contribution >= 0.6 is 23.2 Å². The van der Waals surface area contributed by atoms with Crippen LogP contribution in [-0.4, -0.2) is 19.4 Å². The first kappa shape index (κ1) is 21.0. The van der Waals surface area contributed by atoms with E-state index in [-0.39, 0.29) is 22.3 Å². The second-order valence-electron chi connectivity index (χ2n) is 7.24. The molecule has 3 rings (SSSR count). The topological polar surface area (TPSA) is 58.2 Å². The van der Waals surface area contributed by atoms with Crippen LogP contribution in [0.15, 0.2) is 12.1 Å². The number of nitrogens with one attached hydrogen (secondary N) is 2. The number of hydrogen-bond acceptors (Lipinski definition) is 2. The summed E-state index contributed by atoms with van der Waals surface area (Å²) in [5.41, 5.74) is 0.159. The van der Waals surface area contributed by atoms with Gasteiger partial charge in [-0.3, -0.25) is 9.59 Å². The second kappa shape index (κ2) is 9.05. The molecule has 0 aromatic heterocycles. The Morgan fingerprint density at radius 3 is 2.38 bits per heavy atom. The maximum atomic E-state index is 14.5. The minimum atomic E-state index is -0.422. The fourth-order valence-electron chi connectivity index (χ4n) is 3.48. The van der Waals surface area contributed by atoms with Crippen LogP contribution in [-0.2, 0) is 9.59 Å². The van der Waals surface area contributed by atoms with Gasteiger partial charge in [-0.05, 0) is 43.2 Å². The lowest BCUT2D eigenvalue weighted by Gasteiger charge is -2.36. The Hall–Kier alpha value is -1.33. The zero-order valence-electron chi connectivity index (χ0n) is 15.1. The van der Waals surface area contributed by atoms with E-state index in [2.05, 4.69) is 17.6 Å². The fraction of sp³-hybridized carbons (Fsp3) is 0.579. The molecule has 2 N–H and O–H groups in total. The molecule has 144 valence electrons. The molecule has 2 amide bonds. The predicted molar refractivity (Wildman–Crippen MR) is 102 cm³/mol. The van der Waals surface area contributed by atoms with Crippen molar-refractivity contribution in [2.24, 2.45) is 11.3 Å². The quantitative estimate of drug-likeness (QED) is 0.556. The van der Waals surface area contributed by atoms with E-state index in [1.807, 2.05) is 0 Å². The van der Waals surface area contributed by atoms with Crippen LogP contribution in [0.25, 0.3) is 0 Å². The van der Waals surface area contributed by atoms with Crippen molar-refractivity contribution < 1.29 is 14.0 Å². The van der Waals surface area contributed by atoms with E-state index >= 15 is 0 Å². The van der Waals surface area contributed by atoms with Gasteiger partial charge in [0.05, 0.1) is 16.1 Å². The van der Waals surface area contributed by atoms with Crippen LogP contribution < -0.4 is 10.6 Å². The molecule has 1 aromatic rings. The number of carbonyl (C=O) groups is 2. The molecule has 7 heteroatoms. The first-order valence-electron chi connectivity index (χ1n) is 8.88. The number of amides is 2. The van der Waals surface area contributed by atoms with Crippen molar-refractivity contribution in [3.63, 3.8) is 0 Å². The highest BCUT2D eigenvalue weighted by molar-refractivity contribution is 6.42. The first-order chi connectivity index (χ1) is 12.3. The van der Waals surface area contributed by atoms with Gasteiger partial charge in [0.15, 0.2) is 0 Å². The minimum Gasteiger partial charge on any atom is -0.362 e. The SMILES string of the molecule is CC1(C(NC(=O)C2CC2)c2c(F)ccc(Cl)c2Cl)CCCC1.CNC=O. The van der Waals surface area contributed by atoms with Gasteiger partial charge in [-0.2, -0.15) is 0 Å². The summed E-state index contributed by atoms with van der Waals surface area (Å²) in [6, 6.07) is 2.37. The highest BCUT2D eigenvalue weighted by Gasteiger charge is 2.43. The van der Waals surface area contributed by atoms with Crippen molar-refractivity contribution in [2.45, 2.75) is 51.5 Å². The Labute approximate surface area is 163 Å². The van der Waals surface area contributed by atoms with Crippen molar-refractivity contribution in [3.05, 3.63) is 33.6 Å². The minimum absolute atomic E-state index is 0.00793. The molecule has 0 aliphatic heterocycles. The molecular formula is C19H25Cl2FN2O2. The van der Waals surface area contributed by atoms with Gasteiger partial charge in [0.25, 0.3) is 0 Å². The number of rotatable bonds is 5. The smallest absolute Gasteiger partial charge is 0.223 e. The van der Waals surface area contributed by atoms with Gasteiger partial charge in [-0.25, -0.2) is 4.39 Å². The maximum absolute atomic E-state index is 14.5. The molecule has 0 heterocycles. The molecule has 0 radical (unpaired) electrons. The van der Waals surface area contributed by atoms with Crippen LogP contribution in [0.2, 0.25) is 10.0 Å². The molecule has 1 atom stereocenters. The molecule has 2 saturated carbocycles. The van der Waals surface area contributed by atoms with Crippen molar-refractivity contribution in [1.82, 2.24) is 10.6 Å². The predicted octanol–water partition coefficient (Wildman–Crippen LogP) is 4.64. The monoisotopic (exact) mass is 402 g/mol. The summed E-state index contributed by atoms with van der Waals surface area (Å²) in [6.07, 6.45) is 6.54. The summed E-state index contributed by atoms with van der Waals surface area (Å²) >= 11 is 12.4. The molecule has 2 aliphatic rings. The van der Waals surface area contributed by atoms with Crippen molar-refractivity contribution >= 4 is 35.5 Å². The number of carbonyl (C=O) groups excluding carboxylic acids is 2.